The Morgan fingerprint density at radius 2 is 2.21 bits per heavy atom. The third-order valence-electron chi connectivity index (χ3n) is 4.72. The Morgan fingerprint density at radius 3 is 2.93 bits per heavy atom. The van der Waals surface area contributed by atoms with Crippen molar-refractivity contribution in [1.82, 2.24) is 34.6 Å². The van der Waals surface area contributed by atoms with Gasteiger partial charge in [0.2, 0.25) is 5.91 Å². The molecule has 0 aliphatic carbocycles. The molecular weight excluding hydrogens is 356 g/mol. The van der Waals surface area contributed by atoms with Gasteiger partial charge in [-0.15, -0.1) is 0 Å². The van der Waals surface area contributed by atoms with Crippen molar-refractivity contribution in [2.45, 2.75) is 39.4 Å². The highest BCUT2D eigenvalue weighted by atomic mass is 16.2. The first kappa shape index (κ1) is 18.0. The Kier molecular flexibility index (Phi) is 4.96. The van der Waals surface area contributed by atoms with Crippen LogP contribution in [0.5, 0.6) is 0 Å². The molecule has 1 N–H and O–H groups in total. The number of fused-ring (bicyclic) bond motifs is 1. The smallest absolute Gasteiger partial charge is 0.219 e. The van der Waals surface area contributed by atoms with Gasteiger partial charge in [0.1, 0.15) is 24.2 Å². The van der Waals surface area contributed by atoms with Crippen LogP contribution in [-0.4, -0.2) is 53.1 Å². The monoisotopic (exact) mass is 378 g/mol. The zero-order chi connectivity index (χ0) is 19.5. The van der Waals surface area contributed by atoms with E-state index in [9.17, 15) is 4.79 Å². The summed E-state index contributed by atoms with van der Waals surface area (Å²) in [5.41, 5.74) is 2.63. The maximum Gasteiger partial charge on any atom is 0.219 e. The topological polar surface area (TPSA) is 102 Å². The minimum atomic E-state index is 0.0534. The van der Waals surface area contributed by atoms with E-state index in [1.807, 2.05) is 18.2 Å². The third kappa shape index (κ3) is 3.83. The molecule has 0 unspecified atom stereocenters. The molecule has 4 heterocycles. The second kappa shape index (κ2) is 7.71. The predicted molar refractivity (Wildman–Crippen MR) is 103 cm³/mol. The molecule has 0 saturated carbocycles. The van der Waals surface area contributed by atoms with Gasteiger partial charge in [-0.2, -0.15) is 5.10 Å². The number of anilines is 1. The molecule has 9 nitrogen and oxygen atoms in total. The number of nitrogens with one attached hydrogen (secondary N) is 1. The van der Waals surface area contributed by atoms with E-state index in [2.05, 4.69) is 27.3 Å². The van der Waals surface area contributed by atoms with E-state index in [1.54, 1.807) is 29.0 Å². The zero-order valence-electron chi connectivity index (χ0n) is 15.9. The maximum absolute atomic E-state index is 11.8. The van der Waals surface area contributed by atoms with E-state index in [-0.39, 0.29) is 11.9 Å². The van der Waals surface area contributed by atoms with Crippen LogP contribution < -0.4 is 5.32 Å². The van der Waals surface area contributed by atoms with Gasteiger partial charge in [-0.1, -0.05) is 6.07 Å². The summed E-state index contributed by atoms with van der Waals surface area (Å²) in [5, 5.41) is 7.65. The molecule has 1 amide bonds. The van der Waals surface area contributed by atoms with Gasteiger partial charge in [-0.05, 0) is 25.5 Å². The number of nitrogens with zero attached hydrogens (tertiary/aromatic N) is 7. The van der Waals surface area contributed by atoms with Crippen molar-refractivity contribution < 1.29 is 4.79 Å². The van der Waals surface area contributed by atoms with E-state index in [4.69, 9.17) is 9.97 Å². The number of hydrogen-bond acceptors (Lipinski definition) is 7. The molecule has 0 bridgehead atoms. The molecule has 28 heavy (non-hydrogen) atoms. The molecule has 144 valence electrons. The second-order valence-electron chi connectivity index (χ2n) is 6.89. The lowest BCUT2D eigenvalue weighted by molar-refractivity contribution is -0.129. The summed E-state index contributed by atoms with van der Waals surface area (Å²) in [6.45, 7) is 5.48. The Morgan fingerprint density at radius 1 is 1.32 bits per heavy atom. The highest BCUT2D eigenvalue weighted by Gasteiger charge is 2.25. The fourth-order valence-corrected chi connectivity index (χ4v) is 3.31. The Balaban J connectivity index is 1.67. The van der Waals surface area contributed by atoms with Crippen LogP contribution in [0, 0.1) is 0 Å². The van der Waals surface area contributed by atoms with Crippen molar-refractivity contribution in [3.05, 3.63) is 48.3 Å². The Bertz CT molecular complexity index is 958. The SMILES string of the molecule is CC(=O)N1CCc2c(nc(-c3ccccn3)nc2N[C@@H](C)Cn2cncn2)C1. The summed E-state index contributed by atoms with van der Waals surface area (Å²) in [6.07, 6.45) is 5.66. The van der Waals surface area contributed by atoms with E-state index < -0.39 is 0 Å². The van der Waals surface area contributed by atoms with Crippen LogP contribution in [0.15, 0.2) is 37.1 Å². The van der Waals surface area contributed by atoms with Crippen molar-refractivity contribution in [3.63, 3.8) is 0 Å². The third-order valence-corrected chi connectivity index (χ3v) is 4.72. The number of rotatable bonds is 5. The number of aromatic nitrogens is 6. The minimum absolute atomic E-state index is 0.0534. The van der Waals surface area contributed by atoms with E-state index in [0.29, 0.717) is 31.2 Å². The molecule has 1 aliphatic rings. The second-order valence-corrected chi connectivity index (χ2v) is 6.89. The summed E-state index contributed by atoms with van der Waals surface area (Å²) in [7, 11) is 0. The number of hydrogen-bond donors (Lipinski definition) is 1. The van der Waals surface area contributed by atoms with Crippen molar-refractivity contribution in [3.8, 4) is 11.5 Å². The van der Waals surface area contributed by atoms with Crippen molar-refractivity contribution in [2.75, 3.05) is 11.9 Å². The normalized spacial score (nSPS) is 14.4. The van der Waals surface area contributed by atoms with Crippen LogP contribution in [0.1, 0.15) is 25.1 Å². The lowest BCUT2D eigenvalue weighted by Gasteiger charge is -2.29. The largest absolute Gasteiger partial charge is 0.365 e. The van der Waals surface area contributed by atoms with E-state index >= 15 is 0 Å². The molecule has 0 spiro atoms. The fourth-order valence-electron chi connectivity index (χ4n) is 3.31. The quantitative estimate of drug-likeness (QED) is 0.718. The first-order chi connectivity index (χ1) is 13.6. The molecule has 0 radical (unpaired) electrons. The number of pyridine rings is 1. The lowest BCUT2D eigenvalue weighted by atomic mass is 10.0. The zero-order valence-corrected chi connectivity index (χ0v) is 15.9. The Labute approximate surface area is 162 Å². The highest BCUT2D eigenvalue weighted by Crippen LogP contribution is 2.27. The summed E-state index contributed by atoms with van der Waals surface area (Å²) >= 11 is 0. The standard InChI is InChI=1S/C19H22N8O/c1-13(9-27-12-20-11-22-27)23-18-15-6-8-26(14(2)28)10-17(15)24-19(25-18)16-5-3-4-7-21-16/h3-5,7,11-13H,6,8-10H2,1-2H3,(H,23,24,25)/t13-/m0/s1. The first-order valence-corrected chi connectivity index (χ1v) is 9.26. The molecular formula is C19H22N8O. The van der Waals surface area contributed by atoms with Crippen molar-refractivity contribution in [2.24, 2.45) is 0 Å². The van der Waals surface area contributed by atoms with Crippen LogP contribution in [-0.2, 0) is 24.3 Å². The minimum Gasteiger partial charge on any atom is -0.365 e. The van der Waals surface area contributed by atoms with Crippen molar-refractivity contribution in [1.29, 1.82) is 0 Å². The van der Waals surface area contributed by atoms with E-state index in [0.717, 1.165) is 23.5 Å². The fraction of sp³-hybridized carbons (Fsp3) is 0.368. The van der Waals surface area contributed by atoms with Gasteiger partial charge in [-0.3, -0.25) is 14.5 Å². The maximum atomic E-state index is 11.8. The summed E-state index contributed by atoms with van der Waals surface area (Å²) in [4.78, 5) is 31.5. The molecule has 1 aliphatic heterocycles. The molecule has 0 fully saturated rings. The van der Waals surface area contributed by atoms with Gasteiger partial charge in [0, 0.05) is 31.3 Å². The van der Waals surface area contributed by atoms with Crippen LogP contribution in [0.4, 0.5) is 5.82 Å². The number of carbonyl (C=O) groups is 1. The van der Waals surface area contributed by atoms with Gasteiger partial charge in [0.05, 0.1) is 18.8 Å². The Hall–Kier alpha value is -3.36. The molecule has 3 aromatic rings. The highest BCUT2D eigenvalue weighted by molar-refractivity contribution is 5.74. The molecule has 9 heteroatoms. The summed E-state index contributed by atoms with van der Waals surface area (Å²) in [5.74, 6) is 1.40. The van der Waals surface area contributed by atoms with Crippen LogP contribution in [0.25, 0.3) is 11.5 Å². The van der Waals surface area contributed by atoms with Crippen LogP contribution in [0.3, 0.4) is 0 Å². The number of carbonyl (C=O) groups excluding carboxylic acids is 1. The average molecular weight is 378 g/mol. The van der Waals surface area contributed by atoms with Crippen LogP contribution >= 0.6 is 0 Å². The average Bonchev–Trinajstić information content (AvgIpc) is 3.21. The predicted octanol–water partition coefficient (Wildman–Crippen LogP) is 1.54. The first-order valence-electron chi connectivity index (χ1n) is 9.26. The van der Waals surface area contributed by atoms with E-state index in [1.165, 1.54) is 6.33 Å². The van der Waals surface area contributed by atoms with Crippen LogP contribution in [0.2, 0.25) is 0 Å². The number of amides is 1. The van der Waals surface area contributed by atoms with Gasteiger partial charge in [-0.25, -0.2) is 15.0 Å². The van der Waals surface area contributed by atoms with Crippen molar-refractivity contribution >= 4 is 11.7 Å². The summed E-state index contributed by atoms with van der Waals surface area (Å²) < 4.78 is 1.78. The van der Waals surface area contributed by atoms with Gasteiger partial charge in [0.25, 0.3) is 0 Å². The van der Waals surface area contributed by atoms with Gasteiger partial charge < -0.3 is 10.2 Å². The van der Waals surface area contributed by atoms with Gasteiger partial charge >= 0.3 is 0 Å². The molecule has 4 rings (SSSR count). The summed E-state index contributed by atoms with van der Waals surface area (Å²) in [6, 6.07) is 5.74. The molecule has 0 aromatic carbocycles. The molecule has 1 atom stereocenters. The lowest BCUT2D eigenvalue weighted by Crippen LogP contribution is -2.36. The van der Waals surface area contributed by atoms with Gasteiger partial charge in [0.15, 0.2) is 5.82 Å². The molecule has 0 saturated heterocycles. The molecule has 3 aromatic heterocycles.